The summed E-state index contributed by atoms with van der Waals surface area (Å²) in [6.45, 7) is 4.40. The van der Waals surface area contributed by atoms with Gasteiger partial charge in [0.15, 0.2) is 0 Å². The molecule has 0 saturated carbocycles. The van der Waals surface area contributed by atoms with E-state index < -0.39 is 0 Å². The van der Waals surface area contributed by atoms with Gasteiger partial charge in [-0.2, -0.15) is 0 Å². The number of hydrogen-bond donors (Lipinski definition) is 0. The van der Waals surface area contributed by atoms with Gasteiger partial charge in [0.25, 0.3) is 0 Å². The Labute approximate surface area is 92.7 Å². The quantitative estimate of drug-likeness (QED) is 0.604. The molecule has 0 fully saturated rings. The standard InChI is InChI=1S/C8H11.2ClH.Ti/c1-3-8-5-4-7(2)6-8;;;/h4,6,8H,3H2,1-2H3;2*1H;. The van der Waals surface area contributed by atoms with Gasteiger partial charge in [0.2, 0.25) is 0 Å². The summed E-state index contributed by atoms with van der Waals surface area (Å²) < 4.78 is 1.52. The molecule has 11 heavy (non-hydrogen) atoms. The summed E-state index contributed by atoms with van der Waals surface area (Å²) in [6.07, 6.45) is 5.86. The average Bonchev–Trinajstić information content (AvgIpc) is 2.10. The molecule has 0 aromatic heterocycles. The molecule has 1 unspecified atom stereocenters. The second-order valence-electron chi connectivity index (χ2n) is 2.53. The second-order valence-corrected chi connectivity index (χ2v) is 3.43. The van der Waals surface area contributed by atoms with Crippen LogP contribution in [-0.2, 0) is 20.4 Å². The van der Waals surface area contributed by atoms with Crippen molar-refractivity contribution in [1.82, 2.24) is 0 Å². The van der Waals surface area contributed by atoms with Crippen LogP contribution in [0.2, 0.25) is 0 Å². The Morgan fingerprint density at radius 1 is 1.45 bits per heavy atom. The minimum absolute atomic E-state index is 0. The van der Waals surface area contributed by atoms with Gasteiger partial charge in [-0.15, -0.1) is 24.8 Å². The fourth-order valence-electron chi connectivity index (χ4n) is 1.15. The SMILES string of the molecule is CCC1C=C(C)C=[C]1[Ti].Cl.Cl. The number of allylic oxidation sites excluding steroid dienone is 4. The smallest absolute Gasteiger partial charge is 0.147 e. The van der Waals surface area contributed by atoms with Gasteiger partial charge in [0, 0.05) is 0 Å². The maximum absolute atomic E-state index is 2.34. The molecular weight excluding hydrogens is 215 g/mol. The summed E-state index contributed by atoms with van der Waals surface area (Å²) in [5.41, 5.74) is 1.43. The van der Waals surface area contributed by atoms with Crippen molar-refractivity contribution in [3.63, 3.8) is 0 Å². The van der Waals surface area contributed by atoms with Gasteiger partial charge in [0.1, 0.15) is 0 Å². The van der Waals surface area contributed by atoms with E-state index in [1.807, 2.05) is 0 Å². The van der Waals surface area contributed by atoms with Gasteiger partial charge in [0.05, 0.1) is 0 Å². The molecule has 1 atom stereocenters. The van der Waals surface area contributed by atoms with Crippen LogP contribution in [0.15, 0.2) is 21.6 Å². The van der Waals surface area contributed by atoms with Crippen molar-refractivity contribution in [2.75, 3.05) is 0 Å². The normalized spacial score (nSPS) is 21.0. The first-order valence-electron chi connectivity index (χ1n) is 3.35. The Morgan fingerprint density at radius 3 is 2.18 bits per heavy atom. The van der Waals surface area contributed by atoms with E-state index in [1.54, 1.807) is 0 Å². The molecular formula is C8H13Cl2Ti. The molecule has 0 aromatic carbocycles. The van der Waals surface area contributed by atoms with Crippen molar-refractivity contribution in [3.05, 3.63) is 21.6 Å². The number of rotatable bonds is 1. The van der Waals surface area contributed by atoms with Gasteiger partial charge >= 0.3 is 68.2 Å². The minimum atomic E-state index is 0. The zero-order chi connectivity index (χ0) is 6.85. The van der Waals surface area contributed by atoms with Crippen LogP contribution < -0.4 is 0 Å². The predicted molar refractivity (Wildman–Crippen MR) is 50.1 cm³/mol. The third-order valence-corrected chi connectivity index (χ3v) is 2.49. The molecule has 1 aliphatic carbocycles. The van der Waals surface area contributed by atoms with E-state index in [2.05, 4.69) is 46.4 Å². The van der Waals surface area contributed by atoms with Crippen LogP contribution in [0.25, 0.3) is 0 Å². The Balaban J connectivity index is 0. The van der Waals surface area contributed by atoms with Crippen LogP contribution in [0.5, 0.6) is 0 Å². The van der Waals surface area contributed by atoms with E-state index in [4.69, 9.17) is 0 Å². The summed E-state index contributed by atoms with van der Waals surface area (Å²) in [6, 6.07) is 0. The third-order valence-electron chi connectivity index (χ3n) is 1.69. The Morgan fingerprint density at radius 2 is 2.00 bits per heavy atom. The zero-order valence-electron chi connectivity index (χ0n) is 6.76. The monoisotopic (exact) mass is 227 g/mol. The number of hydrogen-bond acceptors (Lipinski definition) is 0. The Kier molecular flexibility index (Phi) is 8.20. The van der Waals surface area contributed by atoms with Gasteiger partial charge in [-0.3, -0.25) is 0 Å². The van der Waals surface area contributed by atoms with Crippen molar-refractivity contribution in [2.24, 2.45) is 5.92 Å². The first-order valence-corrected chi connectivity index (χ1v) is 4.13. The summed E-state index contributed by atoms with van der Waals surface area (Å²) in [5.74, 6) is 0.741. The molecule has 0 amide bonds. The van der Waals surface area contributed by atoms with E-state index in [9.17, 15) is 0 Å². The van der Waals surface area contributed by atoms with E-state index >= 15 is 0 Å². The number of halogens is 2. The van der Waals surface area contributed by atoms with Crippen molar-refractivity contribution >= 4 is 24.8 Å². The van der Waals surface area contributed by atoms with Gasteiger partial charge < -0.3 is 0 Å². The van der Waals surface area contributed by atoms with Crippen LogP contribution in [0.3, 0.4) is 0 Å². The van der Waals surface area contributed by atoms with Gasteiger partial charge in [-0.25, -0.2) is 0 Å². The Bertz CT molecular complexity index is 173. The molecule has 0 saturated heterocycles. The van der Waals surface area contributed by atoms with E-state index in [1.165, 1.54) is 15.9 Å². The van der Waals surface area contributed by atoms with Gasteiger partial charge in [-0.1, -0.05) is 0 Å². The third kappa shape index (κ3) is 3.80. The maximum atomic E-state index is 2.34. The second kappa shape index (κ2) is 6.31. The van der Waals surface area contributed by atoms with Crippen LogP contribution in [0.4, 0.5) is 0 Å². The van der Waals surface area contributed by atoms with E-state index in [0.717, 1.165) is 5.92 Å². The van der Waals surface area contributed by atoms with Crippen molar-refractivity contribution in [3.8, 4) is 0 Å². The van der Waals surface area contributed by atoms with Crippen molar-refractivity contribution in [1.29, 1.82) is 0 Å². The fourth-order valence-corrected chi connectivity index (χ4v) is 1.95. The van der Waals surface area contributed by atoms with Crippen LogP contribution in [0.1, 0.15) is 20.3 Å². The summed E-state index contributed by atoms with van der Waals surface area (Å²) >= 11 is 2.21. The molecule has 0 N–H and O–H groups in total. The molecule has 0 nitrogen and oxygen atoms in total. The molecule has 0 heterocycles. The maximum Gasteiger partial charge on any atom is -0.147 e. The first-order chi connectivity index (χ1) is 4.24. The van der Waals surface area contributed by atoms with Crippen LogP contribution in [-0.4, -0.2) is 0 Å². The molecule has 3 heteroatoms. The topological polar surface area (TPSA) is 0 Å². The fraction of sp³-hybridized carbons (Fsp3) is 0.500. The van der Waals surface area contributed by atoms with Crippen LogP contribution in [0, 0.1) is 5.92 Å². The summed E-state index contributed by atoms with van der Waals surface area (Å²) in [7, 11) is 0. The average molecular weight is 228 g/mol. The summed E-state index contributed by atoms with van der Waals surface area (Å²) in [5, 5.41) is 0. The molecule has 0 spiro atoms. The van der Waals surface area contributed by atoms with E-state index in [0.29, 0.717) is 0 Å². The largest absolute Gasteiger partial charge is 0.147 e. The molecule has 1 aliphatic rings. The molecule has 1 rings (SSSR count). The molecule has 0 aliphatic heterocycles. The molecule has 0 bridgehead atoms. The zero-order valence-corrected chi connectivity index (χ0v) is 9.95. The van der Waals surface area contributed by atoms with Crippen molar-refractivity contribution < 1.29 is 20.4 Å². The molecule has 0 aromatic rings. The van der Waals surface area contributed by atoms with E-state index in [-0.39, 0.29) is 24.8 Å². The molecule has 63 valence electrons. The Hall–Kier alpha value is 0.774. The van der Waals surface area contributed by atoms with Crippen molar-refractivity contribution in [2.45, 2.75) is 20.3 Å². The minimum Gasteiger partial charge on any atom is -0.147 e. The first kappa shape index (κ1) is 14.3. The summed E-state index contributed by atoms with van der Waals surface area (Å²) in [4.78, 5) is 0. The van der Waals surface area contributed by atoms with Crippen LogP contribution >= 0.6 is 24.8 Å². The predicted octanol–water partition coefficient (Wildman–Crippen LogP) is 3.25. The molecule has 0 radical (unpaired) electrons. The van der Waals surface area contributed by atoms with Gasteiger partial charge in [-0.05, 0) is 0 Å².